The van der Waals surface area contributed by atoms with E-state index in [1.807, 2.05) is 31.2 Å². The number of carbonyl (C=O) groups excluding carboxylic acids is 1. The lowest BCUT2D eigenvalue weighted by Gasteiger charge is -2.09. The molecule has 1 N–H and O–H groups in total. The van der Waals surface area contributed by atoms with Gasteiger partial charge in [0.25, 0.3) is 5.56 Å². The maximum atomic E-state index is 12.7. The lowest BCUT2D eigenvalue weighted by atomic mass is 10.1. The summed E-state index contributed by atoms with van der Waals surface area (Å²) in [6.45, 7) is 4.08. The second kappa shape index (κ2) is 6.18. The Hall–Kier alpha value is -3.35. The molecule has 0 aliphatic rings. The molecule has 7 heteroatoms. The zero-order valence-corrected chi connectivity index (χ0v) is 14.5. The summed E-state index contributed by atoms with van der Waals surface area (Å²) < 4.78 is 8.28. The molecule has 0 aliphatic carbocycles. The van der Waals surface area contributed by atoms with Gasteiger partial charge in [0.1, 0.15) is 17.9 Å². The minimum Gasteiger partial charge on any atom is -0.463 e. The van der Waals surface area contributed by atoms with E-state index in [1.54, 1.807) is 29.7 Å². The summed E-state index contributed by atoms with van der Waals surface area (Å²) in [7, 11) is 0. The zero-order chi connectivity index (χ0) is 18.3. The summed E-state index contributed by atoms with van der Waals surface area (Å²) in [5, 5.41) is 7.09. The Bertz CT molecular complexity index is 1170. The predicted molar refractivity (Wildman–Crippen MR) is 97.0 cm³/mol. The van der Waals surface area contributed by atoms with Crippen LogP contribution in [-0.4, -0.2) is 20.1 Å². The first-order valence-electron chi connectivity index (χ1n) is 8.31. The van der Waals surface area contributed by atoms with Gasteiger partial charge in [-0.1, -0.05) is 29.8 Å². The summed E-state index contributed by atoms with van der Waals surface area (Å²) >= 11 is 0. The number of aromatic nitrogens is 3. The molecule has 0 saturated heterocycles. The van der Waals surface area contributed by atoms with Crippen molar-refractivity contribution in [3.8, 4) is 0 Å². The summed E-state index contributed by atoms with van der Waals surface area (Å²) in [6, 6.07) is 11.4. The van der Waals surface area contributed by atoms with Crippen molar-refractivity contribution in [2.24, 2.45) is 0 Å². The van der Waals surface area contributed by atoms with Gasteiger partial charge in [0.2, 0.25) is 5.91 Å². The van der Waals surface area contributed by atoms with E-state index in [-0.39, 0.29) is 18.0 Å². The number of fused-ring (bicyclic) bond motifs is 3. The fourth-order valence-corrected chi connectivity index (χ4v) is 3.03. The third kappa shape index (κ3) is 2.77. The fraction of sp³-hybridized carbons (Fsp3) is 0.211. The van der Waals surface area contributed by atoms with Crippen molar-refractivity contribution in [1.29, 1.82) is 0 Å². The van der Waals surface area contributed by atoms with Crippen molar-refractivity contribution in [1.82, 2.24) is 19.5 Å². The van der Waals surface area contributed by atoms with Crippen molar-refractivity contribution in [2.75, 3.05) is 0 Å². The number of rotatable bonds is 4. The van der Waals surface area contributed by atoms with Crippen LogP contribution in [0.4, 0.5) is 0 Å². The minimum absolute atomic E-state index is 0.130. The van der Waals surface area contributed by atoms with Crippen LogP contribution in [-0.2, 0) is 17.9 Å². The third-order valence-electron chi connectivity index (χ3n) is 4.37. The topological polar surface area (TPSA) is 81.5 Å². The van der Waals surface area contributed by atoms with E-state index in [2.05, 4.69) is 10.4 Å². The molecule has 3 heterocycles. The van der Waals surface area contributed by atoms with Crippen LogP contribution in [0, 0.1) is 13.8 Å². The second-order valence-electron chi connectivity index (χ2n) is 6.31. The molecule has 1 amide bonds. The van der Waals surface area contributed by atoms with E-state index >= 15 is 0 Å². The molecule has 0 fully saturated rings. The first-order valence-corrected chi connectivity index (χ1v) is 8.31. The van der Waals surface area contributed by atoms with E-state index < -0.39 is 0 Å². The number of amides is 1. The summed E-state index contributed by atoms with van der Waals surface area (Å²) in [5.41, 5.74) is 3.69. The largest absolute Gasteiger partial charge is 0.463 e. The molecule has 0 aliphatic heterocycles. The van der Waals surface area contributed by atoms with Crippen molar-refractivity contribution in [2.45, 2.75) is 26.9 Å². The molecule has 0 unspecified atom stereocenters. The summed E-state index contributed by atoms with van der Waals surface area (Å²) in [6.07, 6.45) is 1.57. The second-order valence-corrected chi connectivity index (χ2v) is 6.31. The Morgan fingerprint density at radius 1 is 1.15 bits per heavy atom. The molecule has 1 aromatic carbocycles. The highest BCUT2D eigenvalue weighted by Crippen LogP contribution is 2.19. The molecule has 0 saturated carbocycles. The Kier molecular flexibility index (Phi) is 3.84. The highest BCUT2D eigenvalue weighted by atomic mass is 16.3. The highest BCUT2D eigenvalue weighted by molar-refractivity contribution is 5.82. The van der Waals surface area contributed by atoms with Crippen LogP contribution < -0.4 is 10.9 Å². The smallest absolute Gasteiger partial charge is 0.291 e. The molecular formula is C19H18N4O3. The summed E-state index contributed by atoms with van der Waals surface area (Å²) in [5.74, 6) is 0.349. The van der Waals surface area contributed by atoms with Gasteiger partial charge >= 0.3 is 0 Å². The molecule has 0 spiro atoms. The standard InChI is InChI=1S/C19H18N4O3/c1-12-3-5-14(6-4-12)10-20-18(24)11-22-19(25)16-9-17-15(7-8-26-17)23(16)13(2)21-22/h3-9H,10-11H2,1-2H3,(H,20,24). The normalized spacial score (nSPS) is 11.3. The number of aryl methyl sites for hydroxylation is 2. The van der Waals surface area contributed by atoms with Gasteiger partial charge in [-0.3, -0.25) is 14.0 Å². The van der Waals surface area contributed by atoms with Crippen molar-refractivity contribution in [3.63, 3.8) is 0 Å². The molecule has 3 aromatic heterocycles. The highest BCUT2D eigenvalue weighted by Gasteiger charge is 2.15. The molecule has 26 heavy (non-hydrogen) atoms. The number of nitrogens with zero attached hydrogens (tertiary/aromatic N) is 3. The number of carbonyl (C=O) groups is 1. The van der Waals surface area contributed by atoms with Crippen LogP contribution in [0.15, 0.2) is 51.9 Å². The predicted octanol–water partition coefficient (Wildman–Crippen LogP) is 2.18. The van der Waals surface area contributed by atoms with Gasteiger partial charge in [-0.05, 0) is 19.4 Å². The van der Waals surface area contributed by atoms with Crippen LogP contribution in [0.2, 0.25) is 0 Å². The van der Waals surface area contributed by atoms with Crippen LogP contribution in [0.3, 0.4) is 0 Å². The van der Waals surface area contributed by atoms with E-state index in [0.717, 1.165) is 16.6 Å². The third-order valence-corrected chi connectivity index (χ3v) is 4.37. The quantitative estimate of drug-likeness (QED) is 0.612. The van der Waals surface area contributed by atoms with E-state index in [1.165, 1.54) is 4.68 Å². The monoisotopic (exact) mass is 350 g/mol. The number of nitrogens with one attached hydrogen (secondary N) is 1. The molecular weight excluding hydrogens is 332 g/mol. The molecule has 0 atom stereocenters. The molecule has 0 bridgehead atoms. The Morgan fingerprint density at radius 3 is 2.69 bits per heavy atom. The van der Waals surface area contributed by atoms with E-state index in [0.29, 0.717) is 23.5 Å². The van der Waals surface area contributed by atoms with E-state index in [9.17, 15) is 9.59 Å². The number of furan rings is 1. The first-order chi connectivity index (χ1) is 12.5. The van der Waals surface area contributed by atoms with Gasteiger partial charge in [0.15, 0.2) is 5.58 Å². The Labute approximate surface area is 148 Å². The first kappa shape index (κ1) is 16.1. The van der Waals surface area contributed by atoms with Crippen LogP contribution in [0.1, 0.15) is 17.0 Å². The van der Waals surface area contributed by atoms with E-state index in [4.69, 9.17) is 4.42 Å². The lowest BCUT2D eigenvalue weighted by Crippen LogP contribution is -2.34. The number of hydrogen-bond donors (Lipinski definition) is 1. The van der Waals surface area contributed by atoms with Crippen LogP contribution in [0.25, 0.3) is 16.6 Å². The molecule has 132 valence electrons. The van der Waals surface area contributed by atoms with Crippen molar-refractivity contribution < 1.29 is 9.21 Å². The lowest BCUT2D eigenvalue weighted by molar-refractivity contribution is -0.122. The van der Waals surface area contributed by atoms with Gasteiger partial charge in [0.05, 0.1) is 11.8 Å². The number of hydrogen-bond acceptors (Lipinski definition) is 4. The van der Waals surface area contributed by atoms with Crippen molar-refractivity contribution in [3.05, 3.63) is 70.0 Å². The van der Waals surface area contributed by atoms with Gasteiger partial charge in [-0.2, -0.15) is 5.10 Å². The van der Waals surface area contributed by atoms with Crippen molar-refractivity contribution >= 4 is 22.5 Å². The Morgan fingerprint density at radius 2 is 1.92 bits per heavy atom. The molecule has 7 nitrogen and oxygen atoms in total. The average Bonchev–Trinajstić information content (AvgIpc) is 3.20. The van der Waals surface area contributed by atoms with Crippen LogP contribution >= 0.6 is 0 Å². The van der Waals surface area contributed by atoms with Gasteiger partial charge in [-0.15, -0.1) is 0 Å². The molecule has 4 rings (SSSR count). The van der Waals surface area contributed by atoms with Crippen LogP contribution in [0.5, 0.6) is 0 Å². The van der Waals surface area contributed by atoms with Gasteiger partial charge < -0.3 is 9.73 Å². The molecule has 4 aromatic rings. The molecule has 0 radical (unpaired) electrons. The maximum Gasteiger partial charge on any atom is 0.291 e. The SMILES string of the molecule is Cc1ccc(CNC(=O)Cn2nc(C)n3c(cc4occc43)c2=O)cc1. The minimum atomic E-state index is -0.326. The van der Waals surface area contributed by atoms with Gasteiger partial charge in [-0.25, -0.2) is 4.68 Å². The zero-order valence-electron chi connectivity index (χ0n) is 14.5. The average molecular weight is 350 g/mol. The number of benzene rings is 1. The Balaban J connectivity index is 1.56. The summed E-state index contributed by atoms with van der Waals surface area (Å²) in [4.78, 5) is 24.9. The van der Waals surface area contributed by atoms with Gasteiger partial charge in [0, 0.05) is 18.7 Å². The maximum absolute atomic E-state index is 12.7. The fourth-order valence-electron chi connectivity index (χ4n) is 3.03.